The van der Waals surface area contributed by atoms with Gasteiger partial charge in [-0.1, -0.05) is 30.0 Å². The third kappa shape index (κ3) is 5.70. The van der Waals surface area contributed by atoms with Gasteiger partial charge in [0.25, 0.3) is 0 Å². The third-order valence-corrected chi connectivity index (χ3v) is 6.88. The number of ether oxygens (including phenoxy) is 2. The predicted octanol–water partition coefficient (Wildman–Crippen LogP) is 4.16. The van der Waals surface area contributed by atoms with E-state index in [0.717, 1.165) is 37.6 Å². The van der Waals surface area contributed by atoms with E-state index in [1.54, 1.807) is 31.2 Å². The zero-order chi connectivity index (χ0) is 24.8. The second-order valence-corrected chi connectivity index (χ2v) is 9.29. The number of benzene rings is 2. The summed E-state index contributed by atoms with van der Waals surface area (Å²) in [5.74, 6) is 1.26. The molecule has 1 fully saturated rings. The van der Waals surface area contributed by atoms with E-state index in [0.29, 0.717) is 23.0 Å². The van der Waals surface area contributed by atoms with Gasteiger partial charge in [-0.25, -0.2) is 4.39 Å². The highest BCUT2D eigenvalue weighted by atomic mass is 32.2. The molecule has 0 unspecified atom stereocenters. The average Bonchev–Trinajstić information content (AvgIpc) is 3.31. The van der Waals surface area contributed by atoms with Crippen LogP contribution in [0, 0.1) is 5.82 Å². The highest BCUT2D eigenvalue weighted by Crippen LogP contribution is 2.33. The normalized spacial score (nSPS) is 13.5. The van der Waals surface area contributed by atoms with Crippen molar-refractivity contribution in [3.63, 3.8) is 0 Å². The molecule has 0 aliphatic carbocycles. The number of carbonyl (C=O) groups is 1. The fraction of sp³-hybridized carbons (Fsp3) is 0.400. The fourth-order valence-corrected chi connectivity index (χ4v) is 4.97. The first-order valence-corrected chi connectivity index (χ1v) is 12.5. The lowest BCUT2D eigenvalue weighted by molar-refractivity contribution is -0.127. The maximum atomic E-state index is 14.0. The number of anilines is 1. The van der Waals surface area contributed by atoms with E-state index in [1.807, 2.05) is 28.8 Å². The lowest BCUT2D eigenvalue weighted by Crippen LogP contribution is -2.32. The largest absolute Gasteiger partial charge is 0.495 e. The SMILES string of the molecule is COc1ccc(CN(C)C(=O)CSc2nnc(N3CCCCC3)n2-c2ccccc2OC)cc1F. The van der Waals surface area contributed by atoms with Crippen molar-refractivity contribution < 1.29 is 18.7 Å². The van der Waals surface area contributed by atoms with Crippen molar-refractivity contribution in [2.45, 2.75) is 31.0 Å². The first-order chi connectivity index (χ1) is 17.0. The molecular weight excluding hydrogens is 469 g/mol. The van der Waals surface area contributed by atoms with Crippen LogP contribution in [0.15, 0.2) is 47.6 Å². The molecule has 1 aromatic heterocycles. The van der Waals surface area contributed by atoms with Crippen LogP contribution in [0.5, 0.6) is 11.5 Å². The van der Waals surface area contributed by atoms with Crippen molar-refractivity contribution in [1.82, 2.24) is 19.7 Å². The van der Waals surface area contributed by atoms with Crippen LogP contribution in [-0.4, -0.2) is 65.7 Å². The van der Waals surface area contributed by atoms with E-state index >= 15 is 0 Å². The molecule has 1 amide bonds. The van der Waals surface area contributed by atoms with E-state index in [1.165, 1.54) is 31.4 Å². The van der Waals surface area contributed by atoms with Gasteiger partial charge in [-0.15, -0.1) is 10.2 Å². The molecule has 2 heterocycles. The summed E-state index contributed by atoms with van der Waals surface area (Å²) in [6.07, 6.45) is 3.42. The van der Waals surface area contributed by atoms with Crippen LogP contribution in [0.1, 0.15) is 24.8 Å². The molecule has 10 heteroatoms. The monoisotopic (exact) mass is 499 g/mol. The molecule has 0 radical (unpaired) electrons. The van der Waals surface area contributed by atoms with Crippen molar-refractivity contribution in [2.75, 3.05) is 45.0 Å². The van der Waals surface area contributed by atoms with Gasteiger partial charge in [0.15, 0.2) is 16.7 Å². The van der Waals surface area contributed by atoms with Crippen LogP contribution in [0.2, 0.25) is 0 Å². The van der Waals surface area contributed by atoms with Gasteiger partial charge in [0, 0.05) is 26.7 Å². The molecule has 0 spiro atoms. The lowest BCUT2D eigenvalue weighted by Gasteiger charge is -2.28. The average molecular weight is 500 g/mol. The zero-order valence-corrected chi connectivity index (χ0v) is 21.1. The highest BCUT2D eigenvalue weighted by Gasteiger charge is 2.24. The van der Waals surface area contributed by atoms with Crippen LogP contribution in [-0.2, 0) is 11.3 Å². The Bertz CT molecular complexity index is 1170. The van der Waals surface area contributed by atoms with Gasteiger partial charge >= 0.3 is 0 Å². The summed E-state index contributed by atoms with van der Waals surface area (Å²) in [6, 6.07) is 12.4. The Labute approximate surface area is 209 Å². The van der Waals surface area contributed by atoms with Gasteiger partial charge in [-0.3, -0.25) is 9.36 Å². The number of nitrogens with zero attached hydrogens (tertiary/aromatic N) is 5. The molecule has 1 aliphatic heterocycles. The Morgan fingerprint density at radius 1 is 1.06 bits per heavy atom. The molecule has 186 valence electrons. The Morgan fingerprint density at radius 2 is 1.80 bits per heavy atom. The number of piperidine rings is 1. The van der Waals surface area contributed by atoms with E-state index in [-0.39, 0.29) is 17.4 Å². The molecule has 1 saturated heterocycles. The number of halogens is 1. The van der Waals surface area contributed by atoms with Gasteiger partial charge in [0.1, 0.15) is 5.75 Å². The summed E-state index contributed by atoms with van der Waals surface area (Å²) in [6.45, 7) is 2.12. The number of thioether (sulfide) groups is 1. The maximum Gasteiger partial charge on any atom is 0.233 e. The topological polar surface area (TPSA) is 72.7 Å². The summed E-state index contributed by atoms with van der Waals surface area (Å²) in [4.78, 5) is 16.7. The fourth-order valence-electron chi connectivity index (χ4n) is 4.09. The van der Waals surface area contributed by atoms with Crippen LogP contribution < -0.4 is 14.4 Å². The first kappa shape index (κ1) is 24.8. The van der Waals surface area contributed by atoms with Crippen LogP contribution in [0.4, 0.5) is 10.3 Å². The van der Waals surface area contributed by atoms with E-state index in [4.69, 9.17) is 9.47 Å². The molecule has 4 rings (SSSR count). The van der Waals surface area contributed by atoms with Gasteiger partial charge in [-0.2, -0.15) is 0 Å². The molecule has 3 aromatic rings. The molecule has 2 aromatic carbocycles. The molecule has 35 heavy (non-hydrogen) atoms. The summed E-state index contributed by atoms with van der Waals surface area (Å²) in [5.41, 5.74) is 1.52. The second kappa shape index (κ2) is 11.4. The number of amides is 1. The van der Waals surface area contributed by atoms with E-state index < -0.39 is 5.82 Å². The van der Waals surface area contributed by atoms with Gasteiger partial charge in [0.05, 0.1) is 25.7 Å². The minimum absolute atomic E-state index is 0.0969. The number of hydrogen-bond acceptors (Lipinski definition) is 7. The van der Waals surface area contributed by atoms with Crippen molar-refractivity contribution >= 4 is 23.6 Å². The van der Waals surface area contributed by atoms with Crippen LogP contribution >= 0.6 is 11.8 Å². The Balaban J connectivity index is 1.52. The standard InChI is InChI=1S/C25H30FN5O3S/c1-29(16-18-11-12-21(33-2)19(26)15-18)23(32)17-35-25-28-27-24(30-13-7-4-8-14-30)31(25)20-9-5-6-10-22(20)34-3/h5-6,9-12,15H,4,7-8,13-14,16-17H2,1-3H3. The maximum absolute atomic E-state index is 14.0. The number of methoxy groups -OCH3 is 2. The molecule has 0 atom stereocenters. The van der Waals surface area contributed by atoms with Crippen molar-refractivity contribution in [3.05, 3.63) is 53.8 Å². The summed E-state index contributed by atoms with van der Waals surface area (Å²) in [5, 5.41) is 9.54. The van der Waals surface area contributed by atoms with Crippen LogP contribution in [0.3, 0.4) is 0 Å². The molecule has 0 N–H and O–H groups in total. The lowest BCUT2D eigenvalue weighted by atomic mass is 10.1. The number of hydrogen-bond donors (Lipinski definition) is 0. The van der Waals surface area contributed by atoms with Gasteiger partial charge in [0.2, 0.25) is 11.9 Å². The highest BCUT2D eigenvalue weighted by molar-refractivity contribution is 7.99. The van der Waals surface area contributed by atoms with Crippen molar-refractivity contribution in [3.8, 4) is 17.2 Å². The molecule has 1 aliphatic rings. The smallest absolute Gasteiger partial charge is 0.233 e. The van der Waals surface area contributed by atoms with Gasteiger partial charge in [-0.05, 0) is 49.1 Å². The summed E-state index contributed by atoms with van der Waals surface area (Å²) >= 11 is 1.32. The van der Waals surface area contributed by atoms with Crippen molar-refractivity contribution in [1.29, 1.82) is 0 Å². The molecule has 8 nitrogen and oxygen atoms in total. The minimum atomic E-state index is -0.449. The van der Waals surface area contributed by atoms with E-state index in [9.17, 15) is 9.18 Å². The Morgan fingerprint density at radius 3 is 2.51 bits per heavy atom. The summed E-state index contributed by atoms with van der Waals surface area (Å²) in [7, 11) is 4.76. The third-order valence-electron chi connectivity index (χ3n) is 5.97. The number of rotatable bonds is 9. The van der Waals surface area contributed by atoms with Crippen molar-refractivity contribution in [2.24, 2.45) is 0 Å². The second-order valence-electron chi connectivity index (χ2n) is 8.34. The number of carbonyl (C=O) groups excluding carboxylic acids is 1. The number of aromatic nitrogens is 3. The first-order valence-electron chi connectivity index (χ1n) is 11.5. The summed E-state index contributed by atoms with van der Waals surface area (Å²) < 4.78 is 26.6. The Hall–Kier alpha value is -3.27. The molecule has 0 saturated carbocycles. The van der Waals surface area contributed by atoms with E-state index in [2.05, 4.69) is 15.1 Å². The molecule has 0 bridgehead atoms. The van der Waals surface area contributed by atoms with Gasteiger partial charge < -0.3 is 19.3 Å². The quantitative estimate of drug-likeness (QED) is 0.409. The van der Waals surface area contributed by atoms with Crippen LogP contribution in [0.25, 0.3) is 5.69 Å². The zero-order valence-electron chi connectivity index (χ0n) is 20.2. The Kier molecular flexibility index (Phi) is 8.12. The molecular formula is C25H30FN5O3S. The number of para-hydroxylation sites is 2. The minimum Gasteiger partial charge on any atom is -0.495 e. The predicted molar refractivity (Wildman–Crippen MR) is 134 cm³/mol.